The number of methoxy groups -OCH3 is 2. The number of fused-ring (bicyclic) bond motifs is 5. The average molecular weight is 487 g/mol. The first-order valence-electron chi connectivity index (χ1n) is 11.4. The molecule has 1 aromatic heterocycles. The van der Waals surface area contributed by atoms with E-state index in [0.717, 1.165) is 0 Å². The number of carbonyl (C=O) groups excluding carboxylic acids is 3. The number of carbonyl (C=O) groups is 3. The summed E-state index contributed by atoms with van der Waals surface area (Å²) in [5, 5.41) is 11.4. The Bertz CT molecular complexity index is 1090. The number of rotatable bonds is 3. The van der Waals surface area contributed by atoms with Crippen molar-refractivity contribution in [3.8, 4) is 11.5 Å². The maximum Gasteiger partial charge on any atom is 0.257 e. The monoisotopic (exact) mass is 486 g/mol. The molecule has 2 aliphatic heterocycles. The van der Waals surface area contributed by atoms with Crippen LogP contribution in [-0.2, 0) is 20.9 Å². The summed E-state index contributed by atoms with van der Waals surface area (Å²) in [7, 11) is 4.65. The molecule has 12 nitrogen and oxygen atoms in total. The van der Waals surface area contributed by atoms with Crippen LogP contribution in [0.1, 0.15) is 28.5 Å². The molecule has 12 heteroatoms. The number of ether oxygens (including phenoxy) is 3. The number of para-hydroxylation sites is 1. The minimum atomic E-state index is -0.257. The Labute approximate surface area is 203 Å². The highest BCUT2D eigenvalue weighted by atomic mass is 16.5. The van der Waals surface area contributed by atoms with Gasteiger partial charge in [0.15, 0.2) is 11.5 Å². The normalized spacial score (nSPS) is 21.1. The van der Waals surface area contributed by atoms with E-state index in [1.807, 2.05) is 0 Å². The molecule has 3 heterocycles. The highest BCUT2D eigenvalue weighted by Crippen LogP contribution is 2.33. The summed E-state index contributed by atoms with van der Waals surface area (Å²) >= 11 is 0. The second-order valence-electron chi connectivity index (χ2n) is 8.66. The third-order valence-electron chi connectivity index (χ3n) is 6.28. The maximum absolute atomic E-state index is 13.1. The Morgan fingerprint density at radius 2 is 2.09 bits per heavy atom. The van der Waals surface area contributed by atoms with Gasteiger partial charge in [-0.3, -0.25) is 14.4 Å². The van der Waals surface area contributed by atoms with Crippen molar-refractivity contribution in [3.05, 3.63) is 35.7 Å². The van der Waals surface area contributed by atoms with Crippen LogP contribution in [0.15, 0.2) is 24.4 Å². The molecule has 1 N–H and O–H groups in total. The third-order valence-corrected chi connectivity index (χ3v) is 6.28. The van der Waals surface area contributed by atoms with Gasteiger partial charge in [-0.15, -0.1) is 5.10 Å². The Hall–Kier alpha value is -3.67. The fourth-order valence-electron chi connectivity index (χ4n) is 4.43. The van der Waals surface area contributed by atoms with Crippen LogP contribution in [0.25, 0.3) is 0 Å². The molecule has 0 radical (unpaired) electrons. The van der Waals surface area contributed by atoms with E-state index < -0.39 is 0 Å². The fourth-order valence-corrected chi connectivity index (χ4v) is 4.43. The van der Waals surface area contributed by atoms with Crippen molar-refractivity contribution < 1.29 is 28.6 Å². The summed E-state index contributed by atoms with van der Waals surface area (Å²) in [5.74, 6) is 0.0341. The third kappa shape index (κ3) is 5.37. The lowest BCUT2D eigenvalue weighted by molar-refractivity contribution is -0.134. The zero-order chi connectivity index (χ0) is 24.9. The topological polar surface area (TPSA) is 128 Å². The second-order valence-corrected chi connectivity index (χ2v) is 8.66. The number of likely N-dealkylation sites (N-methyl/N-ethyl adjacent to an activating group) is 1. The van der Waals surface area contributed by atoms with Crippen molar-refractivity contribution in [2.75, 3.05) is 54.1 Å². The van der Waals surface area contributed by atoms with E-state index in [2.05, 4.69) is 15.6 Å². The molecule has 0 unspecified atom stereocenters. The smallest absolute Gasteiger partial charge is 0.257 e. The largest absolute Gasteiger partial charge is 0.493 e. The van der Waals surface area contributed by atoms with E-state index in [0.29, 0.717) is 48.9 Å². The van der Waals surface area contributed by atoms with Gasteiger partial charge in [-0.05, 0) is 12.1 Å². The van der Waals surface area contributed by atoms with Gasteiger partial charge in [-0.2, -0.15) is 0 Å². The Morgan fingerprint density at radius 1 is 1.26 bits per heavy atom. The molecular weight excluding hydrogens is 456 g/mol. The van der Waals surface area contributed by atoms with Crippen molar-refractivity contribution in [2.24, 2.45) is 5.92 Å². The lowest BCUT2D eigenvalue weighted by Gasteiger charge is -2.21. The minimum Gasteiger partial charge on any atom is -0.493 e. The molecule has 1 saturated heterocycles. The van der Waals surface area contributed by atoms with E-state index in [1.54, 1.807) is 41.0 Å². The predicted octanol–water partition coefficient (Wildman–Crippen LogP) is 0.104. The maximum atomic E-state index is 13.1. The SMILES string of the molecule is COCC(=O)N1C[C@@H]2CC(=O)NCCN(C)C(=O)c3cccc(OC)c3OCc3cn(nn3)[C@@H]2C1. The number of aromatic nitrogens is 3. The summed E-state index contributed by atoms with van der Waals surface area (Å²) in [6, 6.07) is 4.89. The number of likely N-dealkylation sites (tertiary alicyclic amines) is 1. The zero-order valence-corrected chi connectivity index (χ0v) is 20.1. The molecule has 188 valence electrons. The lowest BCUT2D eigenvalue weighted by atomic mass is 9.99. The van der Waals surface area contributed by atoms with E-state index in [4.69, 9.17) is 14.2 Å². The van der Waals surface area contributed by atoms with Crippen LogP contribution in [0, 0.1) is 5.92 Å². The van der Waals surface area contributed by atoms with Crippen LogP contribution >= 0.6 is 0 Å². The summed E-state index contributed by atoms with van der Waals surface area (Å²) in [6.07, 6.45) is 1.96. The van der Waals surface area contributed by atoms with Crippen LogP contribution < -0.4 is 14.8 Å². The van der Waals surface area contributed by atoms with E-state index in [9.17, 15) is 14.4 Å². The Morgan fingerprint density at radius 3 is 2.86 bits per heavy atom. The fraction of sp³-hybridized carbons (Fsp3) is 0.522. The van der Waals surface area contributed by atoms with Crippen LogP contribution in [-0.4, -0.2) is 96.6 Å². The molecule has 4 rings (SSSR count). The van der Waals surface area contributed by atoms with Crippen molar-refractivity contribution >= 4 is 17.7 Å². The highest BCUT2D eigenvalue weighted by molar-refractivity contribution is 5.97. The molecule has 3 amide bonds. The first kappa shape index (κ1) is 24.5. The molecule has 0 aliphatic carbocycles. The van der Waals surface area contributed by atoms with Gasteiger partial charge in [-0.25, -0.2) is 4.68 Å². The number of hydrogen-bond acceptors (Lipinski definition) is 8. The van der Waals surface area contributed by atoms with Gasteiger partial charge >= 0.3 is 0 Å². The number of nitrogens with one attached hydrogen (secondary N) is 1. The molecule has 0 saturated carbocycles. The number of hydrogen-bond donors (Lipinski definition) is 1. The van der Waals surface area contributed by atoms with Gasteiger partial charge in [0.1, 0.15) is 18.9 Å². The molecule has 2 aromatic rings. The average Bonchev–Trinajstić information content (AvgIpc) is 3.48. The zero-order valence-electron chi connectivity index (χ0n) is 20.1. The van der Waals surface area contributed by atoms with Crippen molar-refractivity contribution in [1.82, 2.24) is 30.1 Å². The van der Waals surface area contributed by atoms with Gasteiger partial charge in [0, 0.05) is 52.7 Å². The number of amides is 3. The number of nitrogens with zero attached hydrogens (tertiary/aromatic N) is 5. The molecule has 2 aliphatic rings. The van der Waals surface area contributed by atoms with Gasteiger partial charge in [0.05, 0.1) is 24.9 Å². The van der Waals surface area contributed by atoms with Gasteiger partial charge in [0.25, 0.3) is 5.91 Å². The summed E-state index contributed by atoms with van der Waals surface area (Å²) in [6.45, 7) is 1.46. The first-order valence-corrected chi connectivity index (χ1v) is 11.4. The summed E-state index contributed by atoms with van der Waals surface area (Å²) < 4.78 is 18.1. The Kier molecular flexibility index (Phi) is 7.49. The lowest BCUT2D eigenvalue weighted by Crippen LogP contribution is -2.37. The van der Waals surface area contributed by atoms with Crippen LogP contribution in [0.4, 0.5) is 0 Å². The highest BCUT2D eigenvalue weighted by Gasteiger charge is 2.38. The Balaban J connectivity index is 1.64. The first-order chi connectivity index (χ1) is 16.9. The summed E-state index contributed by atoms with van der Waals surface area (Å²) in [5.41, 5.74) is 0.889. The molecule has 1 fully saturated rings. The quantitative estimate of drug-likeness (QED) is 0.647. The van der Waals surface area contributed by atoms with Crippen LogP contribution in [0.3, 0.4) is 0 Å². The molecule has 2 bridgehead atoms. The van der Waals surface area contributed by atoms with Crippen molar-refractivity contribution in [1.29, 1.82) is 0 Å². The minimum absolute atomic E-state index is 0.0241. The van der Waals surface area contributed by atoms with Gasteiger partial charge in [-0.1, -0.05) is 11.3 Å². The summed E-state index contributed by atoms with van der Waals surface area (Å²) in [4.78, 5) is 41.5. The molecule has 0 spiro atoms. The molecule has 1 aromatic carbocycles. The molecular formula is C23H30N6O6. The van der Waals surface area contributed by atoms with Crippen LogP contribution in [0.5, 0.6) is 11.5 Å². The molecule has 35 heavy (non-hydrogen) atoms. The van der Waals surface area contributed by atoms with Crippen molar-refractivity contribution in [2.45, 2.75) is 19.1 Å². The standard InChI is InChI=1S/C23H30N6O6/c1-27-8-7-24-20(30)9-15-10-28(21(31)14-33-2)12-18(15)29-11-16(25-26-29)13-35-22-17(23(27)32)5-4-6-19(22)34-3/h4-6,11,15,18H,7-10,12-14H2,1-3H3,(H,24,30)/t15-,18+/m0/s1. The van der Waals surface area contributed by atoms with E-state index in [1.165, 1.54) is 19.1 Å². The second kappa shape index (κ2) is 10.7. The van der Waals surface area contributed by atoms with Crippen LogP contribution in [0.2, 0.25) is 0 Å². The van der Waals surface area contributed by atoms with Gasteiger partial charge < -0.3 is 29.3 Å². The van der Waals surface area contributed by atoms with Gasteiger partial charge in [0.2, 0.25) is 11.8 Å². The number of benzene rings is 1. The van der Waals surface area contributed by atoms with E-state index in [-0.39, 0.29) is 49.3 Å². The predicted molar refractivity (Wildman–Crippen MR) is 123 cm³/mol. The van der Waals surface area contributed by atoms with E-state index >= 15 is 0 Å². The van der Waals surface area contributed by atoms with Crippen molar-refractivity contribution in [3.63, 3.8) is 0 Å². The molecule has 2 atom stereocenters.